The molecule has 0 atom stereocenters. The summed E-state index contributed by atoms with van der Waals surface area (Å²) in [4.78, 5) is 4.00. The van der Waals surface area contributed by atoms with E-state index < -0.39 is 0 Å². The van der Waals surface area contributed by atoms with Crippen molar-refractivity contribution in [3.8, 4) is 0 Å². The Morgan fingerprint density at radius 1 is 1.60 bits per heavy atom. The molecule has 1 heterocycles. The van der Waals surface area contributed by atoms with Gasteiger partial charge in [-0.25, -0.2) is 4.98 Å². The van der Waals surface area contributed by atoms with Gasteiger partial charge in [-0.15, -0.1) is 0 Å². The van der Waals surface area contributed by atoms with Gasteiger partial charge in [-0.1, -0.05) is 0 Å². The van der Waals surface area contributed by atoms with Crippen LogP contribution in [-0.2, 0) is 11.8 Å². The second-order valence-electron chi connectivity index (χ2n) is 2.95. The van der Waals surface area contributed by atoms with Crippen LogP contribution in [0.5, 0.6) is 0 Å². The smallest absolute Gasteiger partial charge is 0.0945 e. The molecule has 0 aliphatic rings. The molecular weight excluding hydrogens is 144 g/mol. The fourth-order valence-corrected chi connectivity index (χ4v) is 1.16. The number of rotatable bonds is 1. The summed E-state index contributed by atoms with van der Waals surface area (Å²) in [7, 11) is 1.97. The van der Waals surface area contributed by atoms with Crippen LogP contribution in [0.3, 0.4) is 0 Å². The van der Waals surface area contributed by atoms with Gasteiger partial charge in [0.05, 0.1) is 12.0 Å². The van der Waals surface area contributed by atoms with Crippen molar-refractivity contribution in [3.63, 3.8) is 0 Å². The summed E-state index contributed by atoms with van der Waals surface area (Å²) in [5.41, 5.74) is 1.14. The first kappa shape index (κ1) is 7.66. The Hall–Kier alpha value is -0.440. The van der Waals surface area contributed by atoms with Crippen LogP contribution < -0.4 is 0 Å². The lowest BCUT2D eigenvalue weighted by atomic mass is 10.1. The quantitative estimate of drug-likeness (QED) is 0.611. The van der Waals surface area contributed by atoms with E-state index >= 15 is 0 Å². The molecule has 1 aromatic heterocycles. The van der Waals surface area contributed by atoms with Crippen molar-refractivity contribution in [2.24, 2.45) is 7.05 Å². The van der Waals surface area contributed by atoms with Crippen molar-refractivity contribution in [1.29, 1.82) is 0 Å². The van der Waals surface area contributed by atoms with E-state index in [1.54, 1.807) is 6.33 Å². The number of hydrogen-bond acceptors (Lipinski definition) is 2. The van der Waals surface area contributed by atoms with Gasteiger partial charge < -0.3 is 4.57 Å². The second kappa shape index (κ2) is 2.31. The third-order valence-corrected chi connectivity index (χ3v) is 1.67. The largest absolute Gasteiger partial charge is 0.336 e. The number of hydrogen-bond donors (Lipinski definition) is 1. The Morgan fingerprint density at radius 3 is 2.40 bits per heavy atom. The van der Waals surface area contributed by atoms with Gasteiger partial charge >= 0.3 is 0 Å². The van der Waals surface area contributed by atoms with E-state index in [0.717, 1.165) is 5.69 Å². The van der Waals surface area contributed by atoms with Crippen LogP contribution in [0.1, 0.15) is 19.5 Å². The first-order chi connectivity index (χ1) is 4.52. The third kappa shape index (κ3) is 1.34. The molecule has 0 unspecified atom stereocenters. The fourth-order valence-electron chi connectivity index (χ4n) is 0.947. The number of aryl methyl sites for hydroxylation is 1. The van der Waals surface area contributed by atoms with Gasteiger partial charge in [-0.2, -0.15) is 12.6 Å². The van der Waals surface area contributed by atoms with Crippen LogP contribution in [0.15, 0.2) is 12.5 Å². The zero-order chi connectivity index (χ0) is 7.78. The SMILES string of the molecule is Cn1cncc1C(C)(C)S. The van der Waals surface area contributed by atoms with E-state index in [9.17, 15) is 0 Å². The van der Waals surface area contributed by atoms with Crippen molar-refractivity contribution in [2.75, 3.05) is 0 Å². The molecule has 0 saturated carbocycles. The minimum atomic E-state index is -0.0920. The van der Waals surface area contributed by atoms with Crippen LogP contribution in [0, 0.1) is 0 Å². The molecule has 0 aromatic carbocycles. The van der Waals surface area contributed by atoms with Crippen molar-refractivity contribution < 1.29 is 0 Å². The molecule has 0 bridgehead atoms. The second-order valence-corrected chi connectivity index (χ2v) is 4.07. The van der Waals surface area contributed by atoms with Crippen molar-refractivity contribution in [2.45, 2.75) is 18.6 Å². The van der Waals surface area contributed by atoms with Crippen molar-refractivity contribution >= 4 is 12.6 Å². The summed E-state index contributed by atoms with van der Waals surface area (Å²) in [6.45, 7) is 4.10. The van der Waals surface area contributed by atoms with E-state index in [2.05, 4.69) is 17.6 Å². The predicted octanol–water partition coefficient (Wildman–Crippen LogP) is 1.58. The first-order valence-electron chi connectivity index (χ1n) is 3.21. The summed E-state index contributed by atoms with van der Waals surface area (Å²) < 4.78 is 1.89. The molecule has 56 valence electrons. The molecule has 1 aromatic rings. The highest BCUT2D eigenvalue weighted by Crippen LogP contribution is 2.25. The van der Waals surface area contributed by atoms with Crippen LogP contribution in [0.2, 0.25) is 0 Å². The van der Waals surface area contributed by atoms with Gasteiger partial charge in [-0.3, -0.25) is 0 Å². The van der Waals surface area contributed by atoms with Crippen LogP contribution in [0.25, 0.3) is 0 Å². The highest BCUT2D eigenvalue weighted by Gasteiger charge is 2.17. The standard InChI is InChI=1S/C7H12N2S/c1-7(2,10)6-4-8-5-9(6)3/h4-5,10H,1-3H3. The fraction of sp³-hybridized carbons (Fsp3) is 0.571. The minimum absolute atomic E-state index is 0.0920. The van der Waals surface area contributed by atoms with Gasteiger partial charge in [0.15, 0.2) is 0 Å². The summed E-state index contributed by atoms with van der Waals surface area (Å²) in [5.74, 6) is 0. The van der Waals surface area contributed by atoms with E-state index in [1.807, 2.05) is 31.7 Å². The van der Waals surface area contributed by atoms with Crippen molar-refractivity contribution in [3.05, 3.63) is 18.2 Å². The highest BCUT2D eigenvalue weighted by atomic mass is 32.1. The molecule has 0 N–H and O–H groups in total. The average Bonchev–Trinajstić information content (AvgIpc) is 2.11. The molecule has 0 aliphatic carbocycles. The summed E-state index contributed by atoms with van der Waals surface area (Å²) in [5, 5.41) is 0. The lowest BCUT2D eigenvalue weighted by Gasteiger charge is -2.17. The molecule has 1 rings (SSSR count). The molecule has 0 saturated heterocycles. The Kier molecular flexibility index (Phi) is 1.77. The van der Waals surface area contributed by atoms with E-state index in [1.165, 1.54) is 0 Å². The molecule has 0 aliphatic heterocycles. The van der Waals surface area contributed by atoms with Crippen molar-refractivity contribution in [1.82, 2.24) is 9.55 Å². The normalized spacial score (nSPS) is 12.0. The maximum absolute atomic E-state index is 4.42. The predicted molar refractivity (Wildman–Crippen MR) is 45.2 cm³/mol. The molecule has 3 heteroatoms. The molecule has 0 amide bonds. The van der Waals surface area contributed by atoms with Crippen LogP contribution in [0.4, 0.5) is 0 Å². The molecule has 0 radical (unpaired) electrons. The Labute approximate surface area is 66.7 Å². The minimum Gasteiger partial charge on any atom is -0.336 e. The van der Waals surface area contributed by atoms with Gasteiger partial charge in [0.2, 0.25) is 0 Å². The van der Waals surface area contributed by atoms with E-state index in [0.29, 0.717) is 0 Å². The molecule has 0 fully saturated rings. The van der Waals surface area contributed by atoms with E-state index in [-0.39, 0.29) is 4.75 Å². The molecule has 2 nitrogen and oxygen atoms in total. The Balaban J connectivity index is 3.05. The summed E-state index contributed by atoms with van der Waals surface area (Å²) in [6.07, 6.45) is 3.63. The maximum atomic E-state index is 4.42. The van der Waals surface area contributed by atoms with Crippen LogP contribution >= 0.6 is 12.6 Å². The monoisotopic (exact) mass is 156 g/mol. The summed E-state index contributed by atoms with van der Waals surface area (Å²) >= 11 is 4.42. The van der Waals surface area contributed by atoms with Gasteiger partial charge in [0, 0.05) is 18.0 Å². The number of imidazole rings is 1. The number of aromatic nitrogens is 2. The number of thiol groups is 1. The lowest BCUT2D eigenvalue weighted by molar-refractivity contribution is 0.694. The van der Waals surface area contributed by atoms with Gasteiger partial charge in [-0.05, 0) is 13.8 Å². The zero-order valence-electron chi connectivity index (χ0n) is 6.50. The zero-order valence-corrected chi connectivity index (χ0v) is 7.39. The third-order valence-electron chi connectivity index (χ3n) is 1.44. The number of nitrogens with zero attached hydrogens (tertiary/aromatic N) is 2. The Morgan fingerprint density at radius 2 is 2.20 bits per heavy atom. The van der Waals surface area contributed by atoms with Crippen LogP contribution in [-0.4, -0.2) is 9.55 Å². The molecule has 10 heavy (non-hydrogen) atoms. The topological polar surface area (TPSA) is 17.8 Å². The van der Waals surface area contributed by atoms with Gasteiger partial charge in [0.1, 0.15) is 0 Å². The summed E-state index contributed by atoms with van der Waals surface area (Å²) in [6, 6.07) is 0. The van der Waals surface area contributed by atoms with Gasteiger partial charge in [0.25, 0.3) is 0 Å². The maximum Gasteiger partial charge on any atom is 0.0945 e. The van der Waals surface area contributed by atoms with E-state index in [4.69, 9.17) is 0 Å². The highest BCUT2D eigenvalue weighted by molar-refractivity contribution is 7.81. The molecular formula is C7H12N2S. The first-order valence-corrected chi connectivity index (χ1v) is 3.65. The average molecular weight is 156 g/mol. The lowest BCUT2D eigenvalue weighted by Crippen LogP contribution is -2.12. The molecule has 0 spiro atoms. The Bertz CT molecular complexity index is 222.